The standard InChI is InChI=1S/C19H16BrN5O2S/c1-10-8-12(20)9-14(16(10)27-3)17(26)21-15-7-5-4-6-13(15)18-24-25-11(2)22-23-19(25)28-18/h4-9H,1-3H3,(H,21,26). The number of hydrogen-bond donors (Lipinski definition) is 1. The average Bonchev–Trinajstić information content (AvgIpc) is 3.24. The zero-order chi connectivity index (χ0) is 19.8. The predicted molar refractivity (Wildman–Crippen MR) is 112 cm³/mol. The van der Waals surface area contributed by atoms with Crippen molar-refractivity contribution in [2.24, 2.45) is 0 Å². The molecular weight excluding hydrogens is 442 g/mol. The minimum Gasteiger partial charge on any atom is -0.496 e. The van der Waals surface area contributed by atoms with Gasteiger partial charge >= 0.3 is 0 Å². The van der Waals surface area contributed by atoms with E-state index in [1.54, 1.807) is 17.7 Å². The van der Waals surface area contributed by atoms with Crippen LogP contribution in [-0.4, -0.2) is 32.8 Å². The number of halogens is 1. The molecule has 28 heavy (non-hydrogen) atoms. The number of rotatable bonds is 4. The Hall–Kier alpha value is -2.78. The molecule has 2 aromatic carbocycles. The van der Waals surface area contributed by atoms with Crippen molar-refractivity contribution in [3.8, 4) is 16.3 Å². The lowest BCUT2D eigenvalue weighted by atomic mass is 10.1. The van der Waals surface area contributed by atoms with Crippen molar-refractivity contribution in [2.75, 3.05) is 12.4 Å². The molecule has 2 heterocycles. The quantitative estimate of drug-likeness (QED) is 0.487. The number of hydrogen-bond acceptors (Lipinski definition) is 6. The molecule has 7 nitrogen and oxygen atoms in total. The highest BCUT2D eigenvalue weighted by atomic mass is 79.9. The lowest BCUT2D eigenvalue weighted by Gasteiger charge is -2.14. The Balaban J connectivity index is 1.73. The number of carbonyl (C=O) groups excluding carboxylic acids is 1. The number of nitrogens with zero attached hydrogens (tertiary/aromatic N) is 4. The molecule has 142 valence electrons. The van der Waals surface area contributed by atoms with E-state index >= 15 is 0 Å². The largest absolute Gasteiger partial charge is 0.496 e. The van der Waals surface area contributed by atoms with Crippen molar-refractivity contribution in [3.05, 3.63) is 57.8 Å². The summed E-state index contributed by atoms with van der Waals surface area (Å²) < 4.78 is 7.94. The van der Waals surface area contributed by atoms with E-state index in [1.165, 1.54) is 11.3 Å². The number of benzene rings is 2. The van der Waals surface area contributed by atoms with Gasteiger partial charge in [-0.1, -0.05) is 39.4 Å². The fourth-order valence-corrected chi connectivity index (χ4v) is 4.46. The Labute approximate surface area is 173 Å². The number of carbonyl (C=O) groups is 1. The maximum Gasteiger partial charge on any atom is 0.259 e. The van der Waals surface area contributed by atoms with E-state index in [4.69, 9.17) is 4.74 Å². The van der Waals surface area contributed by atoms with Crippen LogP contribution in [0.25, 0.3) is 15.5 Å². The lowest BCUT2D eigenvalue weighted by molar-refractivity contribution is 0.102. The van der Waals surface area contributed by atoms with Crippen LogP contribution in [0.4, 0.5) is 5.69 Å². The minimum absolute atomic E-state index is 0.257. The number of para-hydroxylation sites is 1. The summed E-state index contributed by atoms with van der Waals surface area (Å²) in [7, 11) is 1.56. The Morgan fingerprint density at radius 2 is 2.00 bits per heavy atom. The van der Waals surface area contributed by atoms with Crippen molar-refractivity contribution < 1.29 is 9.53 Å². The minimum atomic E-state index is -0.257. The topological polar surface area (TPSA) is 81.4 Å². The molecule has 0 aliphatic carbocycles. The molecule has 0 bridgehead atoms. The summed E-state index contributed by atoms with van der Waals surface area (Å²) in [6, 6.07) is 11.2. The van der Waals surface area contributed by atoms with Gasteiger partial charge in [0.2, 0.25) is 4.96 Å². The van der Waals surface area contributed by atoms with Crippen LogP contribution >= 0.6 is 27.3 Å². The number of amides is 1. The highest BCUT2D eigenvalue weighted by molar-refractivity contribution is 9.10. The molecule has 0 saturated carbocycles. The molecular formula is C19H16BrN5O2S. The van der Waals surface area contributed by atoms with E-state index in [0.717, 1.165) is 20.6 Å². The molecule has 0 spiro atoms. The number of ether oxygens (including phenoxy) is 1. The molecule has 4 aromatic rings. The molecule has 0 aliphatic heterocycles. The van der Waals surface area contributed by atoms with Crippen molar-refractivity contribution in [1.29, 1.82) is 0 Å². The molecule has 1 amide bonds. The maximum atomic E-state index is 13.0. The highest BCUT2D eigenvalue weighted by Crippen LogP contribution is 2.33. The molecule has 0 aliphatic rings. The number of fused-ring (bicyclic) bond motifs is 1. The first-order chi connectivity index (χ1) is 13.5. The number of aromatic nitrogens is 4. The van der Waals surface area contributed by atoms with Gasteiger partial charge in [0.15, 0.2) is 5.82 Å². The highest BCUT2D eigenvalue weighted by Gasteiger charge is 2.19. The second-order valence-corrected chi connectivity index (χ2v) is 8.02. The Bertz CT molecular complexity index is 1200. The van der Waals surface area contributed by atoms with Gasteiger partial charge in [-0.25, -0.2) is 0 Å². The van der Waals surface area contributed by atoms with E-state index < -0.39 is 0 Å². The zero-order valence-electron chi connectivity index (χ0n) is 15.4. The molecule has 0 fully saturated rings. The van der Waals surface area contributed by atoms with Crippen LogP contribution in [0.5, 0.6) is 5.75 Å². The molecule has 0 saturated heterocycles. The summed E-state index contributed by atoms with van der Waals surface area (Å²) in [5, 5.41) is 16.4. The van der Waals surface area contributed by atoms with Gasteiger partial charge in [0.1, 0.15) is 10.8 Å². The third-order valence-electron chi connectivity index (χ3n) is 4.24. The summed E-state index contributed by atoms with van der Waals surface area (Å²) in [4.78, 5) is 13.7. The van der Waals surface area contributed by atoms with Crippen LogP contribution in [0.3, 0.4) is 0 Å². The monoisotopic (exact) mass is 457 g/mol. The average molecular weight is 458 g/mol. The van der Waals surface area contributed by atoms with Crippen molar-refractivity contribution in [2.45, 2.75) is 13.8 Å². The Morgan fingerprint density at radius 1 is 1.21 bits per heavy atom. The van der Waals surface area contributed by atoms with Crippen LogP contribution in [0.1, 0.15) is 21.7 Å². The summed E-state index contributed by atoms with van der Waals surface area (Å²) in [6.45, 7) is 3.75. The van der Waals surface area contributed by atoms with Gasteiger partial charge in [-0.05, 0) is 43.7 Å². The van der Waals surface area contributed by atoms with Crippen LogP contribution < -0.4 is 10.1 Å². The molecule has 4 rings (SSSR count). The van der Waals surface area contributed by atoms with Crippen molar-refractivity contribution in [3.63, 3.8) is 0 Å². The fourth-order valence-electron chi connectivity index (χ4n) is 2.96. The number of nitrogens with one attached hydrogen (secondary N) is 1. The zero-order valence-corrected chi connectivity index (χ0v) is 17.8. The number of aryl methyl sites for hydroxylation is 2. The van der Waals surface area contributed by atoms with Gasteiger partial charge in [-0.3, -0.25) is 4.79 Å². The van der Waals surface area contributed by atoms with E-state index in [-0.39, 0.29) is 5.91 Å². The van der Waals surface area contributed by atoms with Crippen LogP contribution in [0.15, 0.2) is 40.9 Å². The smallest absolute Gasteiger partial charge is 0.259 e. The molecule has 9 heteroatoms. The lowest BCUT2D eigenvalue weighted by Crippen LogP contribution is -2.14. The van der Waals surface area contributed by atoms with Crippen LogP contribution in [0.2, 0.25) is 0 Å². The summed E-state index contributed by atoms with van der Waals surface area (Å²) in [6.07, 6.45) is 0. The Kier molecular flexibility index (Phi) is 4.86. The summed E-state index contributed by atoms with van der Waals surface area (Å²) in [5.74, 6) is 1.01. The van der Waals surface area contributed by atoms with Gasteiger partial charge in [0, 0.05) is 10.0 Å². The molecule has 0 unspecified atom stereocenters. The van der Waals surface area contributed by atoms with E-state index in [1.807, 2.05) is 44.2 Å². The van der Waals surface area contributed by atoms with Crippen LogP contribution in [-0.2, 0) is 0 Å². The van der Waals surface area contributed by atoms with E-state index in [0.29, 0.717) is 27.8 Å². The van der Waals surface area contributed by atoms with E-state index in [2.05, 4.69) is 36.5 Å². The second-order valence-electron chi connectivity index (χ2n) is 6.15. The third kappa shape index (κ3) is 3.27. The summed E-state index contributed by atoms with van der Waals surface area (Å²) in [5.41, 5.74) is 2.81. The molecule has 0 atom stereocenters. The second kappa shape index (κ2) is 7.33. The van der Waals surface area contributed by atoms with Crippen molar-refractivity contribution in [1.82, 2.24) is 19.8 Å². The van der Waals surface area contributed by atoms with Crippen LogP contribution in [0, 0.1) is 13.8 Å². The predicted octanol–water partition coefficient (Wildman–Crippen LogP) is 4.49. The van der Waals surface area contributed by atoms with Gasteiger partial charge in [-0.15, -0.1) is 10.2 Å². The normalized spacial score (nSPS) is 11.0. The van der Waals surface area contributed by atoms with Gasteiger partial charge in [-0.2, -0.15) is 9.61 Å². The van der Waals surface area contributed by atoms with Gasteiger partial charge in [0.05, 0.1) is 18.4 Å². The first-order valence-electron chi connectivity index (χ1n) is 8.41. The first kappa shape index (κ1) is 18.6. The molecule has 0 radical (unpaired) electrons. The van der Waals surface area contributed by atoms with Gasteiger partial charge < -0.3 is 10.1 Å². The van der Waals surface area contributed by atoms with Gasteiger partial charge in [0.25, 0.3) is 5.91 Å². The molecule has 1 N–H and O–H groups in total. The maximum absolute atomic E-state index is 13.0. The third-order valence-corrected chi connectivity index (χ3v) is 5.63. The number of methoxy groups -OCH3 is 1. The first-order valence-corrected chi connectivity index (χ1v) is 10.0. The van der Waals surface area contributed by atoms with E-state index in [9.17, 15) is 4.79 Å². The SMILES string of the molecule is COc1c(C)cc(Br)cc1C(=O)Nc1ccccc1-c1nn2c(C)nnc2s1. The number of anilines is 1. The molecule has 2 aromatic heterocycles. The van der Waals surface area contributed by atoms with Crippen molar-refractivity contribution >= 4 is 43.8 Å². The fraction of sp³-hybridized carbons (Fsp3) is 0.158. The Morgan fingerprint density at radius 3 is 2.75 bits per heavy atom. The summed E-state index contributed by atoms with van der Waals surface area (Å²) >= 11 is 4.86.